The van der Waals surface area contributed by atoms with E-state index in [9.17, 15) is 4.79 Å². The quantitative estimate of drug-likeness (QED) is 0.686. The van der Waals surface area contributed by atoms with Crippen molar-refractivity contribution in [2.75, 3.05) is 11.4 Å². The summed E-state index contributed by atoms with van der Waals surface area (Å²) < 4.78 is 2.94. The summed E-state index contributed by atoms with van der Waals surface area (Å²) in [6, 6.07) is 2.37. The van der Waals surface area contributed by atoms with E-state index in [0.717, 1.165) is 36.6 Å². The highest BCUT2D eigenvalue weighted by atomic mass is 16.2. The van der Waals surface area contributed by atoms with Gasteiger partial charge in [0.25, 0.3) is 5.78 Å². The van der Waals surface area contributed by atoms with Crippen LogP contribution in [0.25, 0.3) is 5.78 Å². The number of nitrogens with zero attached hydrogens (tertiary/aromatic N) is 6. The fourth-order valence-corrected chi connectivity index (χ4v) is 4.74. The van der Waals surface area contributed by atoms with Crippen molar-refractivity contribution in [3.05, 3.63) is 50.8 Å². The van der Waals surface area contributed by atoms with Crippen LogP contribution in [-0.2, 0) is 20.0 Å². The summed E-state index contributed by atoms with van der Waals surface area (Å²) in [4.78, 5) is 24.2. The molecule has 0 atom stereocenters. The highest BCUT2D eigenvalue weighted by molar-refractivity contribution is 5.55. The van der Waals surface area contributed by atoms with Gasteiger partial charge in [-0.2, -0.15) is 4.98 Å². The van der Waals surface area contributed by atoms with Gasteiger partial charge in [0.05, 0.1) is 0 Å². The lowest BCUT2D eigenvalue weighted by Crippen LogP contribution is -2.33. The van der Waals surface area contributed by atoms with Gasteiger partial charge in [0, 0.05) is 49.7 Å². The Kier molecular flexibility index (Phi) is 4.00. The molecule has 3 aromatic rings. The predicted molar refractivity (Wildman–Crippen MR) is 108 cm³/mol. The Bertz CT molecular complexity index is 1120. The van der Waals surface area contributed by atoms with E-state index in [2.05, 4.69) is 22.3 Å². The van der Waals surface area contributed by atoms with Gasteiger partial charge in [-0.3, -0.25) is 4.98 Å². The lowest BCUT2D eigenvalue weighted by Gasteiger charge is -2.31. The summed E-state index contributed by atoms with van der Waals surface area (Å²) in [7, 11) is 1.67. The maximum atomic E-state index is 12.3. The molecule has 1 aliphatic carbocycles. The molecule has 4 heterocycles. The molecule has 0 unspecified atom stereocenters. The van der Waals surface area contributed by atoms with Crippen LogP contribution in [0.3, 0.4) is 0 Å². The summed E-state index contributed by atoms with van der Waals surface area (Å²) in [5.74, 6) is 2.06. The van der Waals surface area contributed by atoms with E-state index < -0.39 is 0 Å². The van der Waals surface area contributed by atoms with Crippen LogP contribution < -0.4 is 10.6 Å². The first-order chi connectivity index (χ1) is 13.5. The Labute approximate surface area is 164 Å². The molecule has 0 bridgehead atoms. The number of fused-ring (bicyclic) bond motifs is 2. The number of rotatable bonds is 2. The summed E-state index contributed by atoms with van der Waals surface area (Å²) in [5.41, 5.74) is 5.71. The van der Waals surface area contributed by atoms with E-state index >= 15 is 0 Å². The summed E-state index contributed by atoms with van der Waals surface area (Å²) in [6.07, 6.45) is 8.26. The number of aryl methyl sites for hydroxylation is 2. The molecule has 0 spiro atoms. The number of pyridine rings is 1. The Morgan fingerprint density at radius 2 is 1.96 bits per heavy atom. The van der Waals surface area contributed by atoms with E-state index in [1.807, 2.05) is 13.8 Å². The van der Waals surface area contributed by atoms with Crippen molar-refractivity contribution in [2.45, 2.75) is 58.4 Å². The maximum absolute atomic E-state index is 12.3. The second kappa shape index (κ2) is 6.43. The van der Waals surface area contributed by atoms with Gasteiger partial charge in [-0.05, 0) is 43.7 Å². The third-order valence-corrected chi connectivity index (χ3v) is 6.51. The van der Waals surface area contributed by atoms with Crippen molar-refractivity contribution < 1.29 is 0 Å². The van der Waals surface area contributed by atoms with Crippen molar-refractivity contribution in [3.63, 3.8) is 0 Å². The van der Waals surface area contributed by atoms with Crippen molar-refractivity contribution >= 4 is 11.6 Å². The van der Waals surface area contributed by atoms with E-state index in [1.54, 1.807) is 11.4 Å². The molecule has 7 heteroatoms. The zero-order chi connectivity index (χ0) is 19.4. The fourth-order valence-electron chi connectivity index (χ4n) is 4.74. The van der Waals surface area contributed by atoms with Gasteiger partial charge in [-0.15, -0.1) is 5.10 Å². The first-order valence-corrected chi connectivity index (χ1v) is 10.2. The molecule has 2 aliphatic rings. The average Bonchev–Trinajstić information content (AvgIpc) is 3.33. The van der Waals surface area contributed by atoms with Crippen LogP contribution in [0.4, 0.5) is 5.82 Å². The first-order valence-electron chi connectivity index (χ1n) is 10.2. The molecule has 1 aliphatic heterocycles. The zero-order valence-corrected chi connectivity index (χ0v) is 16.8. The number of hydrogen-bond donors (Lipinski definition) is 0. The highest BCUT2D eigenvalue weighted by Gasteiger charge is 2.25. The molecular weight excluding hydrogens is 352 g/mol. The third kappa shape index (κ3) is 2.64. The van der Waals surface area contributed by atoms with Crippen molar-refractivity contribution in [1.29, 1.82) is 0 Å². The first kappa shape index (κ1) is 17.4. The fraction of sp³-hybridized carbons (Fsp3) is 0.524. The molecule has 0 aromatic carbocycles. The van der Waals surface area contributed by atoms with Gasteiger partial charge < -0.3 is 4.90 Å². The third-order valence-electron chi connectivity index (χ3n) is 6.51. The topological polar surface area (TPSA) is 68.3 Å². The Morgan fingerprint density at radius 1 is 1.18 bits per heavy atom. The molecular formula is C21H26N6O. The molecule has 146 valence electrons. The minimum absolute atomic E-state index is 0.149. The molecule has 3 aromatic heterocycles. The monoisotopic (exact) mass is 378 g/mol. The minimum Gasteiger partial charge on any atom is -0.351 e. The molecule has 0 saturated heterocycles. The van der Waals surface area contributed by atoms with Crippen molar-refractivity contribution in [3.8, 4) is 0 Å². The molecule has 1 fully saturated rings. The Balaban J connectivity index is 1.53. The van der Waals surface area contributed by atoms with Crippen LogP contribution in [-0.4, -0.2) is 30.7 Å². The number of aromatic nitrogens is 5. The lowest BCUT2D eigenvalue weighted by atomic mass is 9.95. The molecule has 1 saturated carbocycles. The van der Waals surface area contributed by atoms with E-state index in [0.29, 0.717) is 11.7 Å². The maximum Gasteiger partial charge on any atom is 0.351 e. The van der Waals surface area contributed by atoms with Crippen LogP contribution in [0.5, 0.6) is 0 Å². The zero-order valence-electron chi connectivity index (χ0n) is 16.8. The van der Waals surface area contributed by atoms with Crippen LogP contribution in [0.2, 0.25) is 0 Å². The molecule has 7 nitrogen and oxygen atoms in total. The van der Waals surface area contributed by atoms with Crippen molar-refractivity contribution in [1.82, 2.24) is 24.1 Å². The van der Waals surface area contributed by atoms with Crippen LogP contribution >= 0.6 is 0 Å². The SMILES string of the molecule is Cc1c(N2CCc3ncc(C4CCCC4)cc3C2)nc2nn(C)c(=O)n2c1C. The number of hydrogen-bond acceptors (Lipinski definition) is 5. The molecule has 0 amide bonds. The predicted octanol–water partition coefficient (Wildman–Crippen LogP) is 2.66. The molecule has 0 N–H and O–H groups in total. The van der Waals surface area contributed by atoms with Crippen LogP contribution in [0.15, 0.2) is 17.1 Å². The van der Waals surface area contributed by atoms with Crippen LogP contribution in [0.1, 0.15) is 59.7 Å². The molecule has 28 heavy (non-hydrogen) atoms. The highest BCUT2D eigenvalue weighted by Crippen LogP contribution is 2.35. The van der Waals surface area contributed by atoms with Gasteiger partial charge in [0.15, 0.2) is 0 Å². The van der Waals surface area contributed by atoms with E-state index in [-0.39, 0.29) is 5.69 Å². The second-order valence-electron chi connectivity index (χ2n) is 8.21. The normalized spacial score (nSPS) is 17.5. The van der Waals surface area contributed by atoms with Gasteiger partial charge in [0.1, 0.15) is 5.82 Å². The standard InChI is InChI=1S/C21H26N6O/c1-13-14(2)27-20(24-25(3)21(27)28)23-19(13)26-9-8-18-17(12-26)10-16(11-22-18)15-6-4-5-7-15/h10-11,15H,4-9,12H2,1-3H3. The molecule has 0 radical (unpaired) electrons. The van der Waals surface area contributed by atoms with E-state index in [1.165, 1.54) is 47.2 Å². The van der Waals surface area contributed by atoms with Gasteiger partial charge >= 0.3 is 5.69 Å². The summed E-state index contributed by atoms with van der Waals surface area (Å²) in [5, 5.41) is 4.30. The average molecular weight is 378 g/mol. The van der Waals surface area contributed by atoms with Crippen molar-refractivity contribution in [2.24, 2.45) is 7.05 Å². The smallest absolute Gasteiger partial charge is 0.351 e. The van der Waals surface area contributed by atoms with Gasteiger partial charge in [0.2, 0.25) is 0 Å². The van der Waals surface area contributed by atoms with Gasteiger partial charge in [-0.1, -0.05) is 18.9 Å². The lowest BCUT2D eigenvalue weighted by molar-refractivity contribution is 0.678. The van der Waals surface area contributed by atoms with E-state index in [4.69, 9.17) is 9.97 Å². The molecule has 5 rings (SSSR count). The largest absolute Gasteiger partial charge is 0.351 e. The second-order valence-corrected chi connectivity index (χ2v) is 8.21. The number of anilines is 1. The minimum atomic E-state index is -0.149. The summed E-state index contributed by atoms with van der Waals surface area (Å²) in [6.45, 7) is 5.69. The van der Waals surface area contributed by atoms with Crippen LogP contribution in [0, 0.1) is 13.8 Å². The Morgan fingerprint density at radius 3 is 2.75 bits per heavy atom. The Hall–Kier alpha value is -2.70. The van der Waals surface area contributed by atoms with Gasteiger partial charge in [-0.25, -0.2) is 13.9 Å². The summed E-state index contributed by atoms with van der Waals surface area (Å²) >= 11 is 0.